The minimum absolute atomic E-state index is 0.501. The Bertz CT molecular complexity index is 622. The van der Waals surface area contributed by atoms with Crippen LogP contribution in [0.5, 0.6) is 11.5 Å². The summed E-state index contributed by atoms with van der Waals surface area (Å²) in [6.07, 6.45) is 1.06. The van der Waals surface area contributed by atoms with E-state index in [1.807, 2.05) is 19.1 Å². The molecule has 0 amide bonds. The fourth-order valence-corrected chi connectivity index (χ4v) is 3.28. The third kappa shape index (κ3) is 7.37. The van der Waals surface area contributed by atoms with Gasteiger partial charge in [-0.25, -0.2) is 4.99 Å². The number of rotatable bonds is 10. The summed E-state index contributed by atoms with van der Waals surface area (Å²) in [5.74, 6) is 2.00. The van der Waals surface area contributed by atoms with E-state index in [1.165, 1.54) is 0 Å². The van der Waals surface area contributed by atoms with Crippen molar-refractivity contribution in [3.05, 3.63) is 22.7 Å². The summed E-state index contributed by atoms with van der Waals surface area (Å²) < 4.78 is 16.4. The van der Waals surface area contributed by atoms with Crippen LogP contribution in [0.1, 0.15) is 25.8 Å². The van der Waals surface area contributed by atoms with Crippen LogP contribution in [0.25, 0.3) is 0 Å². The third-order valence-corrected chi connectivity index (χ3v) is 4.67. The molecule has 0 spiro atoms. The van der Waals surface area contributed by atoms with Crippen LogP contribution in [0, 0.1) is 0 Å². The van der Waals surface area contributed by atoms with E-state index < -0.39 is 0 Å². The van der Waals surface area contributed by atoms with Gasteiger partial charge in [-0.05, 0) is 44.5 Å². The van der Waals surface area contributed by atoms with Crippen LogP contribution in [-0.4, -0.2) is 70.5 Å². The molecule has 1 saturated heterocycles. The van der Waals surface area contributed by atoms with Gasteiger partial charge in [-0.15, -0.1) is 0 Å². The molecule has 28 heavy (non-hydrogen) atoms. The Hall–Kier alpha value is -1.70. The monoisotopic (exact) mass is 412 g/mol. The van der Waals surface area contributed by atoms with Gasteiger partial charge in [0.1, 0.15) is 0 Å². The Labute approximate surface area is 173 Å². The van der Waals surface area contributed by atoms with E-state index in [0.717, 1.165) is 63.9 Å². The zero-order valence-electron chi connectivity index (χ0n) is 17.2. The summed E-state index contributed by atoms with van der Waals surface area (Å²) in [5, 5.41) is 7.22. The maximum absolute atomic E-state index is 6.35. The molecule has 2 N–H and O–H groups in total. The number of halogens is 1. The predicted molar refractivity (Wildman–Crippen MR) is 114 cm³/mol. The lowest BCUT2D eigenvalue weighted by Crippen LogP contribution is -2.40. The van der Waals surface area contributed by atoms with E-state index in [4.69, 9.17) is 25.8 Å². The second kappa shape index (κ2) is 12.7. The maximum atomic E-state index is 6.35. The fraction of sp³-hybridized carbons (Fsp3) is 0.650. The molecule has 2 rings (SSSR count). The lowest BCUT2D eigenvalue weighted by atomic mass is 10.2. The van der Waals surface area contributed by atoms with E-state index in [-0.39, 0.29) is 0 Å². The Balaban J connectivity index is 1.89. The van der Waals surface area contributed by atoms with Gasteiger partial charge in [0, 0.05) is 26.2 Å². The molecular weight excluding hydrogens is 380 g/mol. The van der Waals surface area contributed by atoms with Gasteiger partial charge in [-0.2, -0.15) is 0 Å². The minimum atomic E-state index is 0.501. The number of methoxy groups -OCH3 is 1. The Morgan fingerprint density at radius 1 is 1.25 bits per heavy atom. The van der Waals surface area contributed by atoms with Crippen LogP contribution in [-0.2, 0) is 11.3 Å². The first-order valence-electron chi connectivity index (χ1n) is 9.99. The first-order valence-corrected chi connectivity index (χ1v) is 10.4. The third-order valence-electron chi connectivity index (χ3n) is 4.39. The van der Waals surface area contributed by atoms with E-state index in [2.05, 4.69) is 27.4 Å². The second-order valence-corrected chi connectivity index (χ2v) is 6.88. The molecule has 1 aromatic rings. The average Bonchev–Trinajstić information content (AvgIpc) is 2.71. The Morgan fingerprint density at radius 2 is 2.04 bits per heavy atom. The van der Waals surface area contributed by atoms with Crippen molar-refractivity contribution in [1.29, 1.82) is 0 Å². The minimum Gasteiger partial charge on any atom is -0.493 e. The summed E-state index contributed by atoms with van der Waals surface area (Å²) in [4.78, 5) is 7.10. The number of nitrogens with zero attached hydrogens (tertiary/aromatic N) is 2. The number of guanidine groups is 1. The van der Waals surface area contributed by atoms with E-state index in [9.17, 15) is 0 Å². The number of hydrogen-bond donors (Lipinski definition) is 2. The van der Waals surface area contributed by atoms with Crippen molar-refractivity contribution >= 4 is 17.6 Å². The summed E-state index contributed by atoms with van der Waals surface area (Å²) in [6, 6.07) is 3.79. The largest absolute Gasteiger partial charge is 0.493 e. The van der Waals surface area contributed by atoms with Crippen LogP contribution in [0.2, 0.25) is 5.02 Å². The molecule has 1 fully saturated rings. The van der Waals surface area contributed by atoms with E-state index >= 15 is 0 Å². The number of ether oxygens (including phenoxy) is 3. The molecule has 0 aliphatic carbocycles. The van der Waals surface area contributed by atoms with Gasteiger partial charge in [0.2, 0.25) is 0 Å². The highest BCUT2D eigenvalue weighted by Gasteiger charge is 2.12. The van der Waals surface area contributed by atoms with Crippen LogP contribution >= 0.6 is 11.6 Å². The SMILES string of the molecule is CCNC(=NCc1cc(Cl)c(OCC)c(OC)c1)NCCCN1CCOCC1. The van der Waals surface area contributed by atoms with Crippen LogP contribution in [0.4, 0.5) is 0 Å². The summed E-state index contributed by atoms with van der Waals surface area (Å²) in [7, 11) is 1.61. The lowest BCUT2D eigenvalue weighted by molar-refractivity contribution is 0.0376. The molecule has 1 heterocycles. The van der Waals surface area contributed by atoms with Crippen molar-refractivity contribution in [2.45, 2.75) is 26.8 Å². The first-order chi connectivity index (χ1) is 13.7. The zero-order chi connectivity index (χ0) is 20.2. The fourth-order valence-electron chi connectivity index (χ4n) is 3.00. The van der Waals surface area contributed by atoms with Crippen molar-refractivity contribution in [3.63, 3.8) is 0 Å². The topological polar surface area (TPSA) is 67.4 Å². The van der Waals surface area contributed by atoms with E-state index in [0.29, 0.717) is 29.7 Å². The van der Waals surface area contributed by atoms with Gasteiger partial charge in [0.15, 0.2) is 17.5 Å². The molecule has 0 aromatic heterocycles. The number of benzene rings is 1. The highest BCUT2D eigenvalue weighted by molar-refractivity contribution is 6.32. The molecule has 8 heteroatoms. The highest BCUT2D eigenvalue weighted by atomic mass is 35.5. The van der Waals surface area contributed by atoms with Gasteiger partial charge in [0.05, 0.1) is 38.5 Å². The number of morpholine rings is 1. The van der Waals surface area contributed by atoms with Gasteiger partial charge >= 0.3 is 0 Å². The quantitative estimate of drug-likeness (QED) is 0.349. The van der Waals surface area contributed by atoms with Crippen molar-refractivity contribution in [3.8, 4) is 11.5 Å². The number of aliphatic imine (C=N–C) groups is 1. The average molecular weight is 413 g/mol. The van der Waals surface area contributed by atoms with Gasteiger partial charge in [-0.1, -0.05) is 11.6 Å². The summed E-state index contributed by atoms with van der Waals surface area (Å²) in [5.41, 5.74) is 0.968. The van der Waals surface area contributed by atoms with Crippen molar-refractivity contribution < 1.29 is 14.2 Å². The summed E-state index contributed by atoms with van der Waals surface area (Å²) >= 11 is 6.35. The number of hydrogen-bond acceptors (Lipinski definition) is 5. The molecule has 0 radical (unpaired) electrons. The molecule has 0 bridgehead atoms. The van der Waals surface area contributed by atoms with Crippen molar-refractivity contribution in [2.24, 2.45) is 4.99 Å². The van der Waals surface area contributed by atoms with Crippen molar-refractivity contribution in [1.82, 2.24) is 15.5 Å². The van der Waals surface area contributed by atoms with Gasteiger partial charge in [-0.3, -0.25) is 4.90 Å². The molecule has 0 atom stereocenters. The Morgan fingerprint density at radius 3 is 2.71 bits per heavy atom. The smallest absolute Gasteiger partial charge is 0.191 e. The lowest BCUT2D eigenvalue weighted by Gasteiger charge is -2.26. The number of nitrogens with one attached hydrogen (secondary N) is 2. The van der Waals surface area contributed by atoms with Crippen LogP contribution in [0.3, 0.4) is 0 Å². The first kappa shape index (κ1) is 22.6. The Kier molecular flexibility index (Phi) is 10.2. The standard InChI is InChI=1S/C20H33ClN4O3/c1-4-22-20(23-7-6-8-25-9-11-27-12-10-25)24-15-16-13-17(21)19(28-5-2)18(14-16)26-3/h13-14H,4-12,15H2,1-3H3,(H2,22,23,24). The molecule has 1 aliphatic rings. The van der Waals surface area contributed by atoms with Crippen LogP contribution in [0.15, 0.2) is 17.1 Å². The van der Waals surface area contributed by atoms with Crippen LogP contribution < -0.4 is 20.1 Å². The maximum Gasteiger partial charge on any atom is 0.191 e. The second-order valence-electron chi connectivity index (χ2n) is 6.47. The molecule has 1 aliphatic heterocycles. The molecule has 1 aromatic carbocycles. The van der Waals surface area contributed by atoms with Crippen molar-refractivity contribution in [2.75, 3.05) is 59.7 Å². The zero-order valence-corrected chi connectivity index (χ0v) is 18.0. The van der Waals surface area contributed by atoms with E-state index in [1.54, 1.807) is 7.11 Å². The molecule has 0 unspecified atom stereocenters. The molecular formula is C20H33ClN4O3. The molecule has 0 saturated carbocycles. The molecule has 158 valence electrons. The van der Waals surface area contributed by atoms with Gasteiger partial charge < -0.3 is 24.8 Å². The summed E-state index contributed by atoms with van der Waals surface area (Å²) in [6.45, 7) is 11.5. The predicted octanol–water partition coefficient (Wildman–Crippen LogP) is 2.52. The normalized spacial score (nSPS) is 15.4. The molecule has 7 nitrogen and oxygen atoms in total. The van der Waals surface area contributed by atoms with Gasteiger partial charge in [0.25, 0.3) is 0 Å². The highest BCUT2D eigenvalue weighted by Crippen LogP contribution is 2.36.